The predicted molar refractivity (Wildman–Crippen MR) is 56.4 cm³/mol. The summed E-state index contributed by atoms with van der Waals surface area (Å²) in [6, 6.07) is 1.10. The van der Waals surface area contributed by atoms with Gasteiger partial charge in [0.15, 0.2) is 0 Å². The minimum absolute atomic E-state index is 0.550. The largest absolute Gasteiger partial charge is 0.411 e. The fraction of sp³-hybridized carbons (Fsp3) is 1.00. The van der Waals surface area contributed by atoms with E-state index >= 15 is 0 Å². The molecule has 0 spiro atoms. The van der Waals surface area contributed by atoms with Crippen molar-refractivity contribution >= 4 is 8.56 Å². The monoisotopic (exact) mass is 206 g/mol. The van der Waals surface area contributed by atoms with E-state index in [-0.39, 0.29) is 0 Å². The Morgan fingerprint density at radius 2 is 1.15 bits per heavy atom. The minimum Gasteiger partial charge on any atom is -0.411 e. The Morgan fingerprint density at radius 1 is 0.769 bits per heavy atom. The van der Waals surface area contributed by atoms with Crippen LogP contribution in [-0.4, -0.2) is 31.2 Å². The van der Waals surface area contributed by atoms with E-state index in [2.05, 4.69) is 0 Å². The van der Waals surface area contributed by atoms with Gasteiger partial charge >= 0.3 is 8.56 Å². The lowest BCUT2D eigenvalue weighted by Gasteiger charge is -2.17. The first kappa shape index (κ1) is 13.1. The maximum Gasteiger partial charge on any atom is 0.332 e. The van der Waals surface area contributed by atoms with Crippen molar-refractivity contribution in [3.8, 4) is 0 Å². The van der Waals surface area contributed by atoms with E-state index in [1.54, 1.807) is 0 Å². The van der Waals surface area contributed by atoms with Crippen LogP contribution in [0.4, 0.5) is 0 Å². The SMILES string of the molecule is NCCCC[Si](O)(O)CCCCN. The van der Waals surface area contributed by atoms with Crippen molar-refractivity contribution in [3.63, 3.8) is 0 Å². The molecule has 0 fully saturated rings. The van der Waals surface area contributed by atoms with Crippen LogP contribution in [0.25, 0.3) is 0 Å². The summed E-state index contributed by atoms with van der Waals surface area (Å²) in [6.07, 6.45) is 3.43. The first-order chi connectivity index (χ1) is 6.12. The summed E-state index contributed by atoms with van der Waals surface area (Å²) >= 11 is 0. The quantitative estimate of drug-likeness (QED) is 0.329. The zero-order chi connectivity index (χ0) is 10.2. The van der Waals surface area contributed by atoms with Crippen LogP contribution in [0.5, 0.6) is 0 Å². The van der Waals surface area contributed by atoms with Crippen molar-refractivity contribution in [1.29, 1.82) is 0 Å². The molecule has 5 heteroatoms. The van der Waals surface area contributed by atoms with Gasteiger partial charge in [-0.05, 0) is 38.0 Å². The van der Waals surface area contributed by atoms with Crippen LogP contribution in [0.3, 0.4) is 0 Å². The first-order valence-corrected chi connectivity index (χ1v) is 7.28. The van der Waals surface area contributed by atoms with Gasteiger partial charge in [-0.3, -0.25) is 0 Å². The lowest BCUT2D eigenvalue weighted by Crippen LogP contribution is -2.34. The molecule has 0 amide bonds. The molecule has 0 radical (unpaired) electrons. The molecule has 0 saturated carbocycles. The lowest BCUT2D eigenvalue weighted by atomic mass is 10.3. The number of nitrogens with two attached hydrogens (primary N) is 2. The van der Waals surface area contributed by atoms with Gasteiger partial charge < -0.3 is 21.1 Å². The molecule has 0 saturated heterocycles. The smallest absolute Gasteiger partial charge is 0.332 e. The second-order valence-electron chi connectivity index (χ2n) is 3.47. The maximum absolute atomic E-state index is 9.58. The molecule has 0 heterocycles. The van der Waals surface area contributed by atoms with Gasteiger partial charge in [0.05, 0.1) is 0 Å². The molecule has 80 valence electrons. The van der Waals surface area contributed by atoms with Gasteiger partial charge in [0.1, 0.15) is 0 Å². The molecule has 0 aromatic carbocycles. The minimum atomic E-state index is -2.89. The summed E-state index contributed by atoms with van der Waals surface area (Å²) in [5, 5.41) is 0. The maximum atomic E-state index is 9.58. The van der Waals surface area contributed by atoms with E-state index in [0.717, 1.165) is 25.7 Å². The molecule has 0 unspecified atom stereocenters. The van der Waals surface area contributed by atoms with Crippen molar-refractivity contribution in [1.82, 2.24) is 0 Å². The molecule has 6 N–H and O–H groups in total. The Labute approximate surface area is 81.2 Å². The van der Waals surface area contributed by atoms with Crippen molar-refractivity contribution < 1.29 is 9.59 Å². The Hall–Kier alpha value is 0.0569. The molecule has 0 bridgehead atoms. The van der Waals surface area contributed by atoms with Gasteiger partial charge in [-0.15, -0.1) is 0 Å². The van der Waals surface area contributed by atoms with Crippen LogP contribution in [0, 0.1) is 0 Å². The van der Waals surface area contributed by atoms with Gasteiger partial charge in [-0.2, -0.15) is 0 Å². The fourth-order valence-electron chi connectivity index (χ4n) is 1.23. The second-order valence-corrected chi connectivity index (χ2v) is 6.44. The summed E-state index contributed by atoms with van der Waals surface area (Å²) in [4.78, 5) is 19.2. The van der Waals surface area contributed by atoms with E-state index in [4.69, 9.17) is 11.5 Å². The molecule has 0 aromatic rings. The highest BCUT2D eigenvalue weighted by atomic mass is 28.4. The zero-order valence-corrected chi connectivity index (χ0v) is 9.21. The number of rotatable bonds is 8. The van der Waals surface area contributed by atoms with E-state index in [0.29, 0.717) is 25.2 Å². The lowest BCUT2D eigenvalue weighted by molar-refractivity contribution is 0.352. The Balaban J connectivity index is 3.42. The molecular weight excluding hydrogens is 184 g/mol. The van der Waals surface area contributed by atoms with E-state index in [9.17, 15) is 9.59 Å². The molecule has 0 atom stereocenters. The number of unbranched alkanes of at least 4 members (excludes halogenated alkanes) is 2. The molecule has 0 aromatic heterocycles. The third-order valence-electron chi connectivity index (χ3n) is 2.06. The fourth-order valence-corrected chi connectivity index (χ4v) is 3.11. The average Bonchev–Trinajstić information content (AvgIpc) is 2.05. The van der Waals surface area contributed by atoms with Crippen molar-refractivity contribution in [3.05, 3.63) is 0 Å². The predicted octanol–water partition coefficient (Wildman–Crippen LogP) is -0.109. The van der Waals surface area contributed by atoms with Gasteiger partial charge in [-0.25, -0.2) is 0 Å². The Kier molecular flexibility index (Phi) is 7.49. The van der Waals surface area contributed by atoms with Crippen LogP contribution in [-0.2, 0) is 0 Å². The molecule has 13 heavy (non-hydrogen) atoms. The molecular formula is C8H22N2O2Si. The second kappa shape index (κ2) is 7.46. The van der Waals surface area contributed by atoms with Crippen LogP contribution in [0.2, 0.25) is 12.1 Å². The summed E-state index contributed by atoms with van der Waals surface area (Å²) in [6.45, 7) is 1.26. The zero-order valence-electron chi connectivity index (χ0n) is 8.21. The summed E-state index contributed by atoms with van der Waals surface area (Å²) in [5.74, 6) is 0. The molecule has 0 aliphatic carbocycles. The van der Waals surface area contributed by atoms with Crippen molar-refractivity contribution in [2.75, 3.05) is 13.1 Å². The Bertz CT molecular complexity index is 111. The van der Waals surface area contributed by atoms with E-state index < -0.39 is 8.56 Å². The summed E-state index contributed by atoms with van der Waals surface area (Å²) in [5.41, 5.74) is 10.6. The van der Waals surface area contributed by atoms with Crippen LogP contribution < -0.4 is 11.5 Å². The topological polar surface area (TPSA) is 92.5 Å². The highest BCUT2D eigenvalue weighted by Crippen LogP contribution is 2.15. The van der Waals surface area contributed by atoms with E-state index in [1.165, 1.54) is 0 Å². The van der Waals surface area contributed by atoms with Gasteiger partial charge in [-0.1, -0.05) is 12.8 Å². The van der Waals surface area contributed by atoms with E-state index in [1.807, 2.05) is 0 Å². The highest BCUT2D eigenvalue weighted by molar-refractivity contribution is 6.64. The van der Waals surface area contributed by atoms with Crippen LogP contribution in [0.1, 0.15) is 25.7 Å². The summed E-state index contributed by atoms with van der Waals surface area (Å²) in [7, 11) is -2.89. The van der Waals surface area contributed by atoms with Crippen LogP contribution in [0.15, 0.2) is 0 Å². The molecule has 0 aliphatic rings. The van der Waals surface area contributed by atoms with Gasteiger partial charge in [0.25, 0.3) is 0 Å². The third kappa shape index (κ3) is 8.39. The number of hydrogen-bond donors (Lipinski definition) is 4. The van der Waals surface area contributed by atoms with Gasteiger partial charge in [0, 0.05) is 0 Å². The summed E-state index contributed by atoms with van der Waals surface area (Å²) < 4.78 is 0. The standard InChI is InChI=1S/C8H22N2O2Si/c9-5-1-3-7-13(11,12)8-4-2-6-10/h11-12H,1-10H2. The van der Waals surface area contributed by atoms with Crippen LogP contribution >= 0.6 is 0 Å². The highest BCUT2D eigenvalue weighted by Gasteiger charge is 2.26. The third-order valence-corrected chi connectivity index (χ3v) is 4.37. The van der Waals surface area contributed by atoms with Gasteiger partial charge in [0.2, 0.25) is 0 Å². The molecule has 4 nitrogen and oxygen atoms in total. The first-order valence-electron chi connectivity index (χ1n) is 4.97. The Morgan fingerprint density at radius 3 is 1.46 bits per heavy atom. The normalized spacial score (nSPS) is 12.0. The molecule has 0 rings (SSSR count). The van der Waals surface area contributed by atoms with Crippen molar-refractivity contribution in [2.45, 2.75) is 37.8 Å². The van der Waals surface area contributed by atoms with Crippen molar-refractivity contribution in [2.24, 2.45) is 11.5 Å². The number of hydrogen-bond acceptors (Lipinski definition) is 4. The average molecular weight is 206 g/mol. The molecule has 0 aliphatic heterocycles.